The van der Waals surface area contributed by atoms with Crippen molar-refractivity contribution in [3.63, 3.8) is 0 Å². The number of rotatable bonds is 3. The zero-order valence-electron chi connectivity index (χ0n) is 6.46. The van der Waals surface area contributed by atoms with Crippen molar-refractivity contribution in [2.45, 2.75) is 0 Å². The van der Waals surface area contributed by atoms with Gasteiger partial charge in [-0.25, -0.2) is 0 Å². The molecule has 0 bridgehead atoms. The number of hydrogen-bond donors (Lipinski definition) is 2. The first-order valence-corrected chi connectivity index (χ1v) is 3.78. The SMILES string of the molecule is CN(C)C(=O)CSOC(=N)N. The van der Waals surface area contributed by atoms with Gasteiger partial charge in [-0.1, -0.05) is 0 Å². The maximum Gasteiger partial charge on any atom is 0.291 e. The summed E-state index contributed by atoms with van der Waals surface area (Å²) in [6.07, 6.45) is 0. The van der Waals surface area contributed by atoms with Gasteiger partial charge in [0, 0.05) is 14.1 Å². The molecule has 6 heteroatoms. The Morgan fingerprint density at radius 3 is 2.64 bits per heavy atom. The highest BCUT2D eigenvalue weighted by Gasteiger charge is 2.04. The Labute approximate surface area is 69.6 Å². The van der Waals surface area contributed by atoms with Crippen LogP contribution in [-0.4, -0.2) is 36.7 Å². The van der Waals surface area contributed by atoms with Gasteiger partial charge in [0.2, 0.25) is 5.91 Å². The van der Waals surface area contributed by atoms with E-state index in [1.807, 2.05) is 0 Å². The van der Waals surface area contributed by atoms with Crippen LogP contribution in [0.15, 0.2) is 0 Å². The van der Waals surface area contributed by atoms with Crippen LogP contribution >= 0.6 is 12.0 Å². The largest absolute Gasteiger partial charge is 0.391 e. The summed E-state index contributed by atoms with van der Waals surface area (Å²) in [6, 6.07) is -0.387. The molecule has 0 rings (SSSR count). The molecule has 1 amide bonds. The van der Waals surface area contributed by atoms with Gasteiger partial charge in [-0.15, -0.1) is 0 Å². The van der Waals surface area contributed by atoms with Crippen molar-refractivity contribution < 1.29 is 8.98 Å². The average Bonchev–Trinajstić information content (AvgIpc) is 1.86. The fourth-order valence-corrected chi connectivity index (χ4v) is 0.817. The molecule has 0 aromatic carbocycles. The number of hydrogen-bond acceptors (Lipinski definition) is 4. The Balaban J connectivity index is 3.39. The number of carbonyl (C=O) groups is 1. The van der Waals surface area contributed by atoms with E-state index in [-0.39, 0.29) is 17.7 Å². The van der Waals surface area contributed by atoms with Crippen LogP contribution in [0.1, 0.15) is 0 Å². The lowest BCUT2D eigenvalue weighted by Gasteiger charge is -2.08. The van der Waals surface area contributed by atoms with Gasteiger partial charge in [-0.3, -0.25) is 10.2 Å². The molecule has 0 spiro atoms. The first-order chi connectivity index (χ1) is 5.04. The van der Waals surface area contributed by atoms with Crippen molar-refractivity contribution in [2.24, 2.45) is 5.73 Å². The minimum atomic E-state index is -0.387. The fourth-order valence-electron chi connectivity index (χ4n) is 0.272. The molecule has 5 nitrogen and oxygen atoms in total. The van der Waals surface area contributed by atoms with Gasteiger partial charge in [0.15, 0.2) is 0 Å². The molecule has 0 heterocycles. The molecular formula is C5H11N3O2S. The van der Waals surface area contributed by atoms with Gasteiger partial charge in [-0.05, 0) is 0 Å². The molecule has 0 aliphatic heterocycles. The Bertz CT molecular complexity index is 160. The molecule has 11 heavy (non-hydrogen) atoms. The van der Waals surface area contributed by atoms with E-state index < -0.39 is 0 Å². The first kappa shape index (κ1) is 10.1. The Morgan fingerprint density at radius 1 is 1.73 bits per heavy atom. The van der Waals surface area contributed by atoms with Crippen LogP contribution in [0.2, 0.25) is 0 Å². The summed E-state index contributed by atoms with van der Waals surface area (Å²) in [5.74, 6) is 0.100. The van der Waals surface area contributed by atoms with Crippen LogP contribution in [0.4, 0.5) is 0 Å². The summed E-state index contributed by atoms with van der Waals surface area (Å²) < 4.78 is 4.49. The summed E-state index contributed by atoms with van der Waals surface area (Å²) in [7, 11) is 3.30. The van der Waals surface area contributed by atoms with Crippen molar-refractivity contribution in [1.29, 1.82) is 5.41 Å². The third-order valence-electron chi connectivity index (χ3n) is 0.830. The van der Waals surface area contributed by atoms with Gasteiger partial charge in [0.1, 0.15) is 5.75 Å². The summed E-state index contributed by atoms with van der Waals surface area (Å²) in [5, 5.41) is 6.66. The number of nitrogens with one attached hydrogen (secondary N) is 1. The zero-order chi connectivity index (χ0) is 8.85. The number of nitrogens with zero attached hydrogens (tertiary/aromatic N) is 1. The van der Waals surface area contributed by atoms with Crippen LogP contribution in [-0.2, 0) is 8.98 Å². The molecule has 0 radical (unpaired) electrons. The lowest BCUT2D eigenvalue weighted by atomic mass is 10.6. The molecule has 0 atom stereocenters. The van der Waals surface area contributed by atoms with Gasteiger partial charge < -0.3 is 14.8 Å². The van der Waals surface area contributed by atoms with Crippen LogP contribution in [0.3, 0.4) is 0 Å². The quantitative estimate of drug-likeness (QED) is 0.350. The Morgan fingerprint density at radius 2 is 2.27 bits per heavy atom. The number of amidine groups is 1. The van der Waals surface area contributed by atoms with E-state index in [2.05, 4.69) is 4.18 Å². The van der Waals surface area contributed by atoms with Crippen LogP contribution < -0.4 is 5.73 Å². The van der Waals surface area contributed by atoms with Crippen LogP contribution in [0, 0.1) is 5.41 Å². The Hall–Kier alpha value is -0.910. The van der Waals surface area contributed by atoms with Crippen molar-refractivity contribution >= 4 is 24.0 Å². The minimum absolute atomic E-state index is 0.0729. The summed E-state index contributed by atoms with van der Waals surface area (Å²) >= 11 is 0.857. The van der Waals surface area contributed by atoms with E-state index in [4.69, 9.17) is 11.1 Å². The molecule has 3 N–H and O–H groups in total. The highest BCUT2D eigenvalue weighted by atomic mass is 32.2. The van der Waals surface area contributed by atoms with Crippen molar-refractivity contribution in [3.8, 4) is 0 Å². The predicted octanol–water partition coefficient (Wildman–Crippen LogP) is -0.367. The van der Waals surface area contributed by atoms with Crippen molar-refractivity contribution in [1.82, 2.24) is 4.90 Å². The minimum Gasteiger partial charge on any atom is -0.391 e. The van der Waals surface area contributed by atoms with E-state index in [1.165, 1.54) is 4.90 Å². The first-order valence-electron chi connectivity index (χ1n) is 2.87. The molecule has 64 valence electrons. The maximum atomic E-state index is 10.8. The maximum absolute atomic E-state index is 10.8. The monoisotopic (exact) mass is 177 g/mol. The van der Waals surface area contributed by atoms with E-state index in [0.29, 0.717) is 0 Å². The molecule has 0 saturated heterocycles. The van der Waals surface area contributed by atoms with Crippen LogP contribution in [0.25, 0.3) is 0 Å². The molecular weight excluding hydrogens is 166 g/mol. The lowest BCUT2D eigenvalue weighted by molar-refractivity contribution is -0.125. The molecule has 0 aromatic heterocycles. The molecule has 0 aromatic rings. The fraction of sp³-hybridized carbons (Fsp3) is 0.600. The van der Waals surface area contributed by atoms with Gasteiger partial charge in [0.05, 0.1) is 12.0 Å². The summed E-state index contributed by atoms with van der Waals surface area (Å²) in [6.45, 7) is 0. The molecule has 0 aliphatic rings. The lowest BCUT2D eigenvalue weighted by Crippen LogP contribution is -2.24. The second kappa shape index (κ2) is 4.84. The average molecular weight is 177 g/mol. The highest BCUT2D eigenvalue weighted by molar-refractivity contribution is 7.95. The normalized spacial score (nSPS) is 8.91. The molecule has 0 unspecified atom stereocenters. The summed E-state index contributed by atoms with van der Waals surface area (Å²) in [4.78, 5) is 12.3. The van der Waals surface area contributed by atoms with Gasteiger partial charge in [-0.2, -0.15) is 0 Å². The smallest absolute Gasteiger partial charge is 0.291 e. The zero-order valence-corrected chi connectivity index (χ0v) is 7.27. The topological polar surface area (TPSA) is 79.4 Å². The van der Waals surface area contributed by atoms with Crippen molar-refractivity contribution in [3.05, 3.63) is 0 Å². The van der Waals surface area contributed by atoms with Crippen LogP contribution in [0.5, 0.6) is 0 Å². The third kappa shape index (κ3) is 5.53. The molecule has 0 fully saturated rings. The molecule has 0 aliphatic carbocycles. The van der Waals surface area contributed by atoms with E-state index in [9.17, 15) is 4.79 Å². The van der Waals surface area contributed by atoms with E-state index in [1.54, 1.807) is 14.1 Å². The standard InChI is InChI=1S/C5H11N3O2S/c1-8(2)4(9)3-11-10-5(6)7/h3H2,1-2H3,(H3,6,7). The Kier molecular flexibility index (Phi) is 4.44. The van der Waals surface area contributed by atoms with E-state index >= 15 is 0 Å². The number of nitrogens with two attached hydrogens (primary N) is 1. The van der Waals surface area contributed by atoms with Crippen molar-refractivity contribution in [2.75, 3.05) is 19.8 Å². The predicted molar refractivity (Wildman–Crippen MR) is 44.2 cm³/mol. The van der Waals surface area contributed by atoms with Gasteiger partial charge in [0.25, 0.3) is 6.02 Å². The second-order valence-corrected chi connectivity index (χ2v) is 2.69. The molecule has 0 saturated carbocycles. The van der Waals surface area contributed by atoms with Gasteiger partial charge >= 0.3 is 0 Å². The summed E-state index contributed by atoms with van der Waals surface area (Å²) in [5.41, 5.74) is 4.87. The third-order valence-corrected chi connectivity index (χ3v) is 1.49. The number of amides is 1. The van der Waals surface area contributed by atoms with E-state index in [0.717, 1.165) is 12.0 Å². The second-order valence-electron chi connectivity index (χ2n) is 2.00. The highest BCUT2D eigenvalue weighted by Crippen LogP contribution is 2.01. The number of carbonyl (C=O) groups excluding carboxylic acids is 1.